The normalized spacial score (nSPS) is 17.3. The number of hydrogen-bond donors (Lipinski definition) is 0. The zero-order valence-electron chi connectivity index (χ0n) is 13.5. The van der Waals surface area contributed by atoms with E-state index in [2.05, 4.69) is 45.8 Å². The summed E-state index contributed by atoms with van der Waals surface area (Å²) in [5.74, 6) is 0. The molecule has 5 heteroatoms. The summed E-state index contributed by atoms with van der Waals surface area (Å²) in [5, 5.41) is 9.11. The van der Waals surface area contributed by atoms with Crippen molar-refractivity contribution in [1.82, 2.24) is 0 Å². The molecule has 0 saturated heterocycles. The van der Waals surface area contributed by atoms with Crippen LogP contribution in [0.5, 0.6) is 0 Å². The Morgan fingerprint density at radius 1 is 0.480 bits per heavy atom. The smallest absolute Gasteiger partial charge is 0.107 e. The van der Waals surface area contributed by atoms with Crippen LogP contribution in [0.25, 0.3) is 19.5 Å². The van der Waals surface area contributed by atoms with Crippen LogP contribution >= 0.6 is 45.3 Å². The molecule has 6 heterocycles. The van der Waals surface area contributed by atoms with Gasteiger partial charge in [0, 0.05) is 22.3 Å². The highest BCUT2D eigenvalue weighted by atomic mass is 32.1. The van der Waals surface area contributed by atoms with Crippen molar-refractivity contribution >= 4 is 45.3 Å². The minimum absolute atomic E-state index is 1.13. The summed E-state index contributed by atoms with van der Waals surface area (Å²) < 4.78 is 1.13. The maximum Gasteiger partial charge on any atom is 0.107 e. The van der Waals surface area contributed by atoms with Crippen LogP contribution in [0.15, 0.2) is 45.8 Å². The van der Waals surface area contributed by atoms with Crippen LogP contribution in [0.4, 0.5) is 0 Å². The lowest BCUT2D eigenvalue weighted by molar-refractivity contribution is -0.977. The molecule has 0 aliphatic carbocycles. The van der Waals surface area contributed by atoms with E-state index in [0.717, 1.165) is 30.7 Å². The highest BCUT2D eigenvalue weighted by Gasteiger charge is 2.38. The maximum absolute atomic E-state index is 2.36. The fourth-order valence-electron chi connectivity index (χ4n) is 4.42. The Balaban J connectivity index is 1.58. The molecule has 6 rings (SSSR count). The molecule has 4 aromatic rings. The Hall–Kier alpha value is -1.24. The summed E-state index contributed by atoms with van der Waals surface area (Å²) in [6.45, 7) is 4.57. The second-order valence-electron chi connectivity index (χ2n) is 7.07. The standard InChI is InChI=1S/C20H16NS4/c1-5-22-17-13(1)9-21(10-14-2-6-23-18(14)17)11-15-3-7-24-19(15)20-16(12-21)4-8-25-20/h1-8H,9-12H2/q+1. The zero-order chi connectivity index (χ0) is 16.4. The monoisotopic (exact) mass is 398 g/mol. The maximum atomic E-state index is 2.36. The van der Waals surface area contributed by atoms with Gasteiger partial charge in [0.05, 0.1) is 19.5 Å². The number of hydrogen-bond acceptors (Lipinski definition) is 4. The molecular weight excluding hydrogens is 382 g/mol. The van der Waals surface area contributed by atoms with E-state index in [-0.39, 0.29) is 0 Å². The third-order valence-corrected chi connectivity index (χ3v) is 9.58. The first kappa shape index (κ1) is 14.9. The van der Waals surface area contributed by atoms with Crippen LogP contribution in [-0.4, -0.2) is 4.48 Å². The average Bonchev–Trinajstić information content (AvgIpc) is 3.35. The molecule has 1 nitrogen and oxygen atoms in total. The quantitative estimate of drug-likeness (QED) is 0.285. The van der Waals surface area contributed by atoms with Gasteiger partial charge in [0.25, 0.3) is 0 Å². The topological polar surface area (TPSA) is 0 Å². The van der Waals surface area contributed by atoms with Crippen LogP contribution in [0.3, 0.4) is 0 Å². The molecule has 0 fully saturated rings. The summed E-state index contributed by atoms with van der Waals surface area (Å²) in [7, 11) is 0. The van der Waals surface area contributed by atoms with Crippen molar-refractivity contribution in [2.24, 2.45) is 0 Å². The molecule has 0 atom stereocenters. The van der Waals surface area contributed by atoms with E-state index in [1.807, 2.05) is 45.3 Å². The Bertz CT molecular complexity index is 902. The number of thiophene rings is 4. The van der Waals surface area contributed by atoms with Crippen LogP contribution in [-0.2, 0) is 26.2 Å². The molecule has 25 heavy (non-hydrogen) atoms. The lowest BCUT2D eigenvalue weighted by Gasteiger charge is -2.37. The van der Waals surface area contributed by atoms with E-state index in [9.17, 15) is 0 Å². The predicted molar refractivity (Wildman–Crippen MR) is 110 cm³/mol. The van der Waals surface area contributed by atoms with Gasteiger partial charge in [0.2, 0.25) is 0 Å². The van der Waals surface area contributed by atoms with Crippen molar-refractivity contribution in [2.45, 2.75) is 26.2 Å². The van der Waals surface area contributed by atoms with E-state index in [1.54, 1.807) is 22.3 Å². The van der Waals surface area contributed by atoms with Crippen molar-refractivity contribution in [3.63, 3.8) is 0 Å². The number of nitrogens with zero attached hydrogens (tertiary/aromatic N) is 1. The molecule has 0 amide bonds. The van der Waals surface area contributed by atoms with E-state index in [0.29, 0.717) is 0 Å². The molecular formula is C20H16NS4+. The SMILES string of the molecule is c1cc2c(s1)-c1sccc1C[N+]1(C2)Cc2ccsc2-c2sccc2C1. The van der Waals surface area contributed by atoms with E-state index < -0.39 is 0 Å². The number of fused-ring (bicyclic) bond motifs is 6. The van der Waals surface area contributed by atoms with Gasteiger partial charge < -0.3 is 4.48 Å². The van der Waals surface area contributed by atoms with Crippen molar-refractivity contribution < 1.29 is 4.48 Å². The molecule has 0 unspecified atom stereocenters. The minimum atomic E-state index is 1.13. The van der Waals surface area contributed by atoms with Crippen LogP contribution in [0.2, 0.25) is 0 Å². The number of rotatable bonds is 0. The first-order chi connectivity index (χ1) is 12.3. The summed E-state index contributed by atoms with van der Waals surface area (Å²) in [4.78, 5) is 6.06. The van der Waals surface area contributed by atoms with Crippen LogP contribution in [0.1, 0.15) is 22.3 Å². The first-order valence-electron chi connectivity index (χ1n) is 8.43. The molecule has 0 bridgehead atoms. The van der Waals surface area contributed by atoms with Gasteiger partial charge in [-0.1, -0.05) is 0 Å². The van der Waals surface area contributed by atoms with Gasteiger partial charge in [0.15, 0.2) is 0 Å². The molecule has 2 aliphatic heterocycles. The van der Waals surface area contributed by atoms with Crippen LogP contribution in [0, 0.1) is 0 Å². The first-order valence-corrected chi connectivity index (χ1v) is 11.9. The molecule has 0 saturated carbocycles. The summed E-state index contributed by atoms with van der Waals surface area (Å²) in [5.41, 5.74) is 6.17. The summed E-state index contributed by atoms with van der Waals surface area (Å²) in [6, 6.07) is 9.46. The highest BCUT2D eigenvalue weighted by molar-refractivity contribution is 7.21. The fourth-order valence-corrected chi connectivity index (χ4v) is 8.56. The van der Waals surface area contributed by atoms with E-state index >= 15 is 0 Å². The van der Waals surface area contributed by atoms with Crippen molar-refractivity contribution in [2.75, 3.05) is 0 Å². The van der Waals surface area contributed by atoms with Gasteiger partial charge in [-0.15, -0.1) is 45.3 Å². The van der Waals surface area contributed by atoms with Gasteiger partial charge >= 0.3 is 0 Å². The average molecular weight is 399 g/mol. The lowest BCUT2D eigenvalue weighted by Crippen LogP contribution is -2.43. The molecule has 1 spiro atoms. The molecule has 124 valence electrons. The lowest BCUT2D eigenvalue weighted by atomic mass is 10.1. The molecule has 0 aromatic carbocycles. The fraction of sp³-hybridized carbons (Fsp3) is 0.200. The van der Waals surface area contributed by atoms with Crippen molar-refractivity contribution in [3.8, 4) is 19.5 Å². The van der Waals surface area contributed by atoms with E-state index in [1.165, 1.54) is 19.5 Å². The summed E-state index contributed by atoms with van der Waals surface area (Å²) in [6.07, 6.45) is 0. The Morgan fingerprint density at radius 2 is 0.760 bits per heavy atom. The summed E-state index contributed by atoms with van der Waals surface area (Å²) >= 11 is 7.67. The number of quaternary nitrogens is 1. The second kappa shape index (κ2) is 5.38. The van der Waals surface area contributed by atoms with Crippen LogP contribution < -0.4 is 0 Å². The Morgan fingerprint density at radius 3 is 1.04 bits per heavy atom. The second-order valence-corrected chi connectivity index (χ2v) is 10.7. The predicted octanol–water partition coefficient (Wildman–Crippen LogP) is 6.81. The largest absolute Gasteiger partial charge is 0.308 e. The van der Waals surface area contributed by atoms with Gasteiger partial charge in [-0.05, 0) is 45.8 Å². The third kappa shape index (κ3) is 2.20. The third-order valence-electron chi connectivity index (χ3n) is 5.42. The Labute approximate surface area is 163 Å². The molecule has 4 aromatic heterocycles. The van der Waals surface area contributed by atoms with Gasteiger partial charge in [0.1, 0.15) is 26.2 Å². The van der Waals surface area contributed by atoms with E-state index in [4.69, 9.17) is 0 Å². The molecule has 2 aliphatic rings. The van der Waals surface area contributed by atoms with Crippen molar-refractivity contribution in [3.05, 3.63) is 68.0 Å². The molecule has 0 N–H and O–H groups in total. The van der Waals surface area contributed by atoms with Gasteiger partial charge in [-0.2, -0.15) is 0 Å². The van der Waals surface area contributed by atoms with Gasteiger partial charge in [-0.3, -0.25) is 0 Å². The van der Waals surface area contributed by atoms with Gasteiger partial charge in [-0.25, -0.2) is 0 Å². The molecule has 0 radical (unpaired) electrons. The van der Waals surface area contributed by atoms with Crippen molar-refractivity contribution in [1.29, 1.82) is 0 Å². The highest BCUT2D eigenvalue weighted by Crippen LogP contribution is 2.47. The minimum Gasteiger partial charge on any atom is -0.308 e. The zero-order valence-corrected chi connectivity index (χ0v) is 16.8. The Kier molecular flexibility index (Phi) is 3.20.